The Morgan fingerprint density at radius 2 is 1.71 bits per heavy atom. The van der Waals surface area contributed by atoms with Crippen LogP contribution in [0.1, 0.15) is 92.9 Å². The molecule has 4 bridgehead atoms. The first-order valence-electron chi connectivity index (χ1n) is 11.5. The van der Waals surface area contributed by atoms with Crippen LogP contribution in [0.25, 0.3) is 0 Å². The maximum Gasteiger partial charge on any atom is 0.344 e. The Kier molecular flexibility index (Phi) is 5.91. The molecule has 0 saturated heterocycles. The number of carbonyl (C=O) groups is 2. The van der Waals surface area contributed by atoms with Gasteiger partial charge in [0.05, 0.1) is 5.41 Å². The van der Waals surface area contributed by atoms with Crippen molar-refractivity contribution in [2.24, 2.45) is 34.5 Å². The highest BCUT2D eigenvalue weighted by Gasteiger charge is 2.64. The third-order valence-corrected chi connectivity index (χ3v) is 8.31. The third kappa shape index (κ3) is 3.73. The van der Waals surface area contributed by atoms with Crippen molar-refractivity contribution in [1.29, 1.82) is 0 Å². The topological polar surface area (TPSA) is 52.6 Å². The molecule has 160 valence electrons. The van der Waals surface area contributed by atoms with Gasteiger partial charge in [0.15, 0.2) is 6.61 Å². The summed E-state index contributed by atoms with van der Waals surface area (Å²) in [6.07, 6.45) is 8.92. The van der Waals surface area contributed by atoms with Gasteiger partial charge in [-0.2, -0.15) is 0 Å². The van der Waals surface area contributed by atoms with Crippen LogP contribution in [-0.4, -0.2) is 24.1 Å². The smallest absolute Gasteiger partial charge is 0.344 e. The number of hydrogen-bond donors (Lipinski definition) is 0. The number of ether oxygens (including phenoxy) is 2. The molecule has 4 saturated carbocycles. The molecule has 0 heterocycles. The van der Waals surface area contributed by atoms with E-state index < -0.39 is 5.41 Å². The Morgan fingerprint density at radius 3 is 2.21 bits per heavy atom. The molecule has 4 rings (SSSR count). The molecule has 0 N–H and O–H groups in total. The van der Waals surface area contributed by atoms with E-state index in [0.29, 0.717) is 29.6 Å². The molecule has 3 atom stereocenters. The van der Waals surface area contributed by atoms with E-state index >= 15 is 0 Å². The third-order valence-electron chi connectivity index (χ3n) is 8.31. The Bertz CT molecular complexity index is 592. The molecule has 0 amide bonds. The van der Waals surface area contributed by atoms with Gasteiger partial charge in [0.1, 0.15) is 5.60 Å². The molecular formula is C24H40O4. The number of rotatable bonds is 8. The quantitative estimate of drug-likeness (QED) is 0.510. The molecule has 0 aromatic heterocycles. The average Bonchev–Trinajstić information content (AvgIpc) is 2.61. The lowest BCUT2D eigenvalue weighted by Crippen LogP contribution is -2.65. The molecule has 4 heteroatoms. The first-order valence-corrected chi connectivity index (χ1v) is 11.5. The Hall–Kier alpha value is -1.06. The van der Waals surface area contributed by atoms with Gasteiger partial charge < -0.3 is 9.47 Å². The summed E-state index contributed by atoms with van der Waals surface area (Å²) in [5.41, 5.74) is -0.503. The zero-order valence-electron chi connectivity index (χ0n) is 18.8. The number of carbonyl (C=O) groups excluding carboxylic acids is 2. The largest absolute Gasteiger partial charge is 0.456 e. The van der Waals surface area contributed by atoms with Crippen molar-refractivity contribution in [2.75, 3.05) is 6.61 Å². The standard InChI is InChI=1S/C24H40O4/c1-7-9-16(3)24(28-20(25)15-27-21(26)22(4,5)8-2)18-10-17-11-19(24)14-23(6,12-17)13-18/h16-19H,7-15H2,1-6H3. The fraction of sp³-hybridized carbons (Fsp3) is 0.917. The van der Waals surface area contributed by atoms with Crippen LogP contribution in [0.5, 0.6) is 0 Å². The first kappa shape index (κ1) is 21.6. The van der Waals surface area contributed by atoms with Gasteiger partial charge >= 0.3 is 11.9 Å². The predicted molar refractivity (Wildman–Crippen MR) is 110 cm³/mol. The molecule has 0 aliphatic heterocycles. The van der Waals surface area contributed by atoms with Gasteiger partial charge in [-0.25, -0.2) is 4.79 Å². The Labute approximate surface area is 171 Å². The van der Waals surface area contributed by atoms with Gasteiger partial charge in [0.2, 0.25) is 0 Å². The van der Waals surface area contributed by atoms with Crippen molar-refractivity contribution in [3.63, 3.8) is 0 Å². The molecule has 28 heavy (non-hydrogen) atoms. The maximum absolute atomic E-state index is 12.8. The van der Waals surface area contributed by atoms with Crippen LogP contribution in [0.3, 0.4) is 0 Å². The highest BCUT2D eigenvalue weighted by molar-refractivity contribution is 5.80. The lowest BCUT2D eigenvalue weighted by atomic mass is 9.43. The average molecular weight is 393 g/mol. The maximum atomic E-state index is 12.8. The summed E-state index contributed by atoms with van der Waals surface area (Å²) in [6.45, 7) is 12.3. The monoisotopic (exact) mass is 392 g/mol. The summed E-state index contributed by atoms with van der Waals surface area (Å²) in [7, 11) is 0. The van der Waals surface area contributed by atoms with E-state index in [4.69, 9.17) is 9.47 Å². The zero-order chi connectivity index (χ0) is 20.7. The second-order valence-electron chi connectivity index (χ2n) is 11.0. The van der Waals surface area contributed by atoms with E-state index in [1.54, 1.807) is 0 Å². The molecule has 0 aromatic carbocycles. The van der Waals surface area contributed by atoms with Crippen molar-refractivity contribution in [3.05, 3.63) is 0 Å². The van der Waals surface area contributed by atoms with E-state index in [1.165, 1.54) is 32.1 Å². The van der Waals surface area contributed by atoms with Gasteiger partial charge in [-0.15, -0.1) is 0 Å². The van der Waals surface area contributed by atoms with Crippen LogP contribution in [0, 0.1) is 34.5 Å². The van der Waals surface area contributed by atoms with Gasteiger partial charge in [0, 0.05) is 11.8 Å². The summed E-state index contributed by atoms with van der Waals surface area (Å²) < 4.78 is 11.7. The molecule has 4 nitrogen and oxygen atoms in total. The SMILES string of the molecule is CCCC(C)C1(OC(=O)COC(=O)C(C)(C)CC)C2CC3CC1CC(C)(C3)C2. The summed E-state index contributed by atoms with van der Waals surface area (Å²) >= 11 is 0. The molecule has 0 radical (unpaired) electrons. The summed E-state index contributed by atoms with van der Waals surface area (Å²) in [5.74, 6) is 1.38. The van der Waals surface area contributed by atoms with E-state index in [2.05, 4.69) is 20.8 Å². The van der Waals surface area contributed by atoms with Gasteiger partial charge in [-0.3, -0.25) is 4.79 Å². The van der Waals surface area contributed by atoms with Gasteiger partial charge in [-0.1, -0.05) is 34.1 Å². The molecule has 4 aliphatic rings. The van der Waals surface area contributed by atoms with Crippen molar-refractivity contribution >= 4 is 11.9 Å². The second kappa shape index (κ2) is 7.65. The minimum absolute atomic E-state index is 0.261. The van der Waals surface area contributed by atoms with Crippen LogP contribution in [0.4, 0.5) is 0 Å². The highest BCUT2D eigenvalue weighted by Crippen LogP contribution is 2.66. The minimum atomic E-state index is -0.565. The second-order valence-corrected chi connectivity index (χ2v) is 11.0. The Morgan fingerprint density at radius 1 is 1.11 bits per heavy atom. The van der Waals surface area contributed by atoms with Crippen molar-refractivity contribution in [2.45, 2.75) is 98.5 Å². The van der Waals surface area contributed by atoms with Crippen LogP contribution >= 0.6 is 0 Å². The lowest BCUT2D eigenvalue weighted by molar-refractivity contribution is -0.243. The molecule has 3 unspecified atom stereocenters. The van der Waals surface area contributed by atoms with E-state index in [1.807, 2.05) is 20.8 Å². The van der Waals surface area contributed by atoms with Gasteiger partial charge in [-0.05, 0) is 76.0 Å². The summed E-state index contributed by atoms with van der Waals surface area (Å²) in [4.78, 5) is 25.1. The van der Waals surface area contributed by atoms with Crippen molar-refractivity contribution in [1.82, 2.24) is 0 Å². The highest BCUT2D eigenvalue weighted by atomic mass is 16.6. The molecule has 0 aromatic rings. The normalized spacial score (nSPS) is 37.6. The lowest BCUT2D eigenvalue weighted by Gasteiger charge is -2.65. The zero-order valence-corrected chi connectivity index (χ0v) is 18.8. The fourth-order valence-electron chi connectivity index (χ4n) is 6.81. The van der Waals surface area contributed by atoms with Crippen LogP contribution in [-0.2, 0) is 19.1 Å². The summed E-state index contributed by atoms with van der Waals surface area (Å²) in [6, 6.07) is 0. The van der Waals surface area contributed by atoms with Crippen molar-refractivity contribution < 1.29 is 19.1 Å². The predicted octanol–water partition coefficient (Wildman–Crippen LogP) is 5.53. The first-order chi connectivity index (χ1) is 13.1. The molecule has 0 spiro atoms. The van der Waals surface area contributed by atoms with E-state index in [9.17, 15) is 9.59 Å². The number of hydrogen-bond acceptors (Lipinski definition) is 4. The fourth-order valence-corrected chi connectivity index (χ4v) is 6.81. The Balaban J connectivity index is 1.75. The molecular weight excluding hydrogens is 352 g/mol. The van der Waals surface area contributed by atoms with Crippen LogP contribution in [0.2, 0.25) is 0 Å². The van der Waals surface area contributed by atoms with Crippen molar-refractivity contribution in [3.8, 4) is 0 Å². The van der Waals surface area contributed by atoms with Gasteiger partial charge in [0.25, 0.3) is 0 Å². The summed E-state index contributed by atoms with van der Waals surface area (Å²) in [5, 5.41) is 0. The number of esters is 2. The van der Waals surface area contributed by atoms with E-state index in [0.717, 1.165) is 18.8 Å². The minimum Gasteiger partial charge on any atom is -0.456 e. The van der Waals surface area contributed by atoms with E-state index in [-0.39, 0.29) is 24.1 Å². The molecule has 4 aliphatic carbocycles. The van der Waals surface area contributed by atoms with Crippen LogP contribution in [0.15, 0.2) is 0 Å². The van der Waals surface area contributed by atoms with Crippen LogP contribution < -0.4 is 0 Å². The molecule has 4 fully saturated rings.